The molecule has 1 atom stereocenters. The Kier molecular flexibility index (Phi) is 11.8. The summed E-state index contributed by atoms with van der Waals surface area (Å²) in [5, 5.41) is 6.48. The van der Waals surface area contributed by atoms with Gasteiger partial charge in [0.1, 0.15) is 18.9 Å². The molecule has 1 aliphatic rings. The number of nitrogens with one attached hydrogen (secondary N) is 2. The van der Waals surface area contributed by atoms with Crippen molar-refractivity contribution in [2.75, 3.05) is 46.9 Å². The molecule has 0 aliphatic carbocycles. The summed E-state index contributed by atoms with van der Waals surface area (Å²) in [7, 11) is 3.45. The largest absolute Gasteiger partial charge is 0.492 e. The molecular formula is C19H31IN4O3. The molecule has 1 amide bonds. The SMILES string of the molecule is CN(C)C(=O)CN=C(NCCOc1ccccc1)NCC1CCCCO1.I. The number of benzene rings is 1. The number of nitrogens with zero attached hydrogens (tertiary/aromatic N) is 2. The molecule has 2 N–H and O–H groups in total. The fourth-order valence-electron chi connectivity index (χ4n) is 2.50. The van der Waals surface area contributed by atoms with Crippen molar-refractivity contribution in [3.63, 3.8) is 0 Å². The third-order valence-corrected chi connectivity index (χ3v) is 4.05. The predicted molar refractivity (Wildman–Crippen MR) is 118 cm³/mol. The molecule has 0 radical (unpaired) electrons. The molecule has 0 bridgehead atoms. The molecule has 1 fully saturated rings. The van der Waals surface area contributed by atoms with Gasteiger partial charge in [-0.2, -0.15) is 0 Å². The first-order valence-electron chi connectivity index (χ1n) is 9.17. The number of guanidine groups is 1. The number of halogens is 1. The van der Waals surface area contributed by atoms with Gasteiger partial charge in [0.05, 0.1) is 12.6 Å². The van der Waals surface area contributed by atoms with Crippen molar-refractivity contribution in [3.8, 4) is 5.75 Å². The number of para-hydroxylation sites is 1. The summed E-state index contributed by atoms with van der Waals surface area (Å²) in [4.78, 5) is 17.7. The third kappa shape index (κ3) is 9.81. The Morgan fingerprint density at radius 3 is 2.70 bits per heavy atom. The van der Waals surface area contributed by atoms with Crippen molar-refractivity contribution in [1.29, 1.82) is 0 Å². The Labute approximate surface area is 178 Å². The second kappa shape index (κ2) is 13.6. The van der Waals surface area contributed by atoms with E-state index < -0.39 is 0 Å². The van der Waals surface area contributed by atoms with Crippen LogP contribution in [0.25, 0.3) is 0 Å². The Balaban J connectivity index is 0.00000364. The minimum atomic E-state index is -0.0412. The smallest absolute Gasteiger partial charge is 0.243 e. The first kappa shape index (κ1) is 23.5. The van der Waals surface area contributed by atoms with E-state index in [-0.39, 0.29) is 42.5 Å². The Hall–Kier alpha value is -1.55. The van der Waals surface area contributed by atoms with Gasteiger partial charge in [0.25, 0.3) is 0 Å². The second-order valence-electron chi connectivity index (χ2n) is 6.41. The van der Waals surface area contributed by atoms with Gasteiger partial charge in [0.15, 0.2) is 5.96 Å². The molecule has 1 saturated heterocycles. The van der Waals surface area contributed by atoms with Gasteiger partial charge < -0.3 is 25.0 Å². The number of ether oxygens (including phenoxy) is 2. The lowest BCUT2D eigenvalue weighted by Gasteiger charge is -2.24. The maximum Gasteiger partial charge on any atom is 0.243 e. The van der Waals surface area contributed by atoms with Crippen LogP contribution < -0.4 is 15.4 Å². The minimum Gasteiger partial charge on any atom is -0.492 e. The van der Waals surface area contributed by atoms with Crippen molar-refractivity contribution in [1.82, 2.24) is 15.5 Å². The van der Waals surface area contributed by atoms with Crippen LogP contribution in [0.4, 0.5) is 0 Å². The number of carbonyl (C=O) groups excluding carboxylic acids is 1. The molecule has 0 saturated carbocycles. The van der Waals surface area contributed by atoms with Gasteiger partial charge in [0.2, 0.25) is 5.91 Å². The molecular weight excluding hydrogens is 459 g/mol. The maximum atomic E-state index is 11.8. The first-order valence-corrected chi connectivity index (χ1v) is 9.17. The predicted octanol–water partition coefficient (Wildman–Crippen LogP) is 1.88. The van der Waals surface area contributed by atoms with Crippen LogP contribution >= 0.6 is 24.0 Å². The lowest BCUT2D eigenvalue weighted by molar-refractivity contribution is -0.127. The number of amides is 1. The molecule has 1 aromatic carbocycles. The van der Waals surface area contributed by atoms with Crippen LogP contribution in [-0.4, -0.2) is 69.8 Å². The van der Waals surface area contributed by atoms with Gasteiger partial charge >= 0.3 is 0 Å². The van der Waals surface area contributed by atoms with Crippen molar-refractivity contribution in [2.45, 2.75) is 25.4 Å². The molecule has 1 unspecified atom stereocenters. The number of hydrogen-bond donors (Lipinski definition) is 2. The zero-order valence-corrected chi connectivity index (χ0v) is 18.5. The molecule has 0 spiro atoms. The second-order valence-corrected chi connectivity index (χ2v) is 6.41. The van der Waals surface area contributed by atoms with Gasteiger partial charge in [-0.05, 0) is 31.4 Å². The van der Waals surface area contributed by atoms with Gasteiger partial charge in [-0.3, -0.25) is 4.79 Å². The summed E-state index contributed by atoms with van der Waals surface area (Å²) < 4.78 is 11.4. The van der Waals surface area contributed by atoms with E-state index >= 15 is 0 Å². The number of rotatable bonds is 8. The average molecular weight is 490 g/mol. The van der Waals surface area contributed by atoms with E-state index in [2.05, 4.69) is 15.6 Å². The van der Waals surface area contributed by atoms with Gasteiger partial charge in [-0.15, -0.1) is 24.0 Å². The standard InChI is InChI=1S/C19H30N4O3.HI/c1-23(2)18(24)15-22-19(21-14-17-10-6-7-12-25-17)20-11-13-26-16-8-4-3-5-9-16;/h3-5,8-9,17H,6-7,10-15H2,1-2H3,(H2,20,21,22);1H. The summed E-state index contributed by atoms with van der Waals surface area (Å²) in [5.74, 6) is 1.39. The number of aliphatic imine (C=N–C) groups is 1. The molecule has 1 heterocycles. The van der Waals surface area contributed by atoms with Crippen LogP contribution in [0.15, 0.2) is 35.3 Å². The van der Waals surface area contributed by atoms with E-state index in [0.717, 1.165) is 25.2 Å². The summed E-state index contributed by atoms with van der Waals surface area (Å²) in [6.07, 6.45) is 3.56. The molecule has 152 valence electrons. The molecule has 1 aliphatic heterocycles. The highest BCUT2D eigenvalue weighted by Gasteiger charge is 2.14. The van der Waals surface area contributed by atoms with E-state index in [9.17, 15) is 4.79 Å². The zero-order valence-electron chi connectivity index (χ0n) is 16.1. The number of hydrogen-bond acceptors (Lipinski definition) is 4. The van der Waals surface area contributed by atoms with E-state index in [1.807, 2.05) is 30.3 Å². The van der Waals surface area contributed by atoms with E-state index in [0.29, 0.717) is 25.7 Å². The molecule has 2 rings (SSSR count). The Bertz CT molecular complexity index is 563. The van der Waals surface area contributed by atoms with Crippen molar-refractivity contribution >= 4 is 35.8 Å². The van der Waals surface area contributed by atoms with Crippen LogP contribution in [-0.2, 0) is 9.53 Å². The van der Waals surface area contributed by atoms with Crippen LogP contribution in [0.3, 0.4) is 0 Å². The van der Waals surface area contributed by atoms with Crippen LogP contribution in [0, 0.1) is 0 Å². The highest BCUT2D eigenvalue weighted by molar-refractivity contribution is 14.0. The highest BCUT2D eigenvalue weighted by Crippen LogP contribution is 2.11. The molecule has 27 heavy (non-hydrogen) atoms. The minimum absolute atomic E-state index is 0. The van der Waals surface area contributed by atoms with E-state index in [4.69, 9.17) is 9.47 Å². The molecule has 1 aromatic rings. The van der Waals surface area contributed by atoms with Crippen molar-refractivity contribution in [3.05, 3.63) is 30.3 Å². The fraction of sp³-hybridized carbons (Fsp3) is 0.579. The summed E-state index contributed by atoms with van der Waals surface area (Å²) in [6.45, 7) is 2.69. The van der Waals surface area contributed by atoms with Crippen LogP contribution in [0.1, 0.15) is 19.3 Å². The Morgan fingerprint density at radius 1 is 1.26 bits per heavy atom. The summed E-state index contributed by atoms with van der Waals surface area (Å²) >= 11 is 0. The van der Waals surface area contributed by atoms with Crippen molar-refractivity contribution in [2.24, 2.45) is 4.99 Å². The Morgan fingerprint density at radius 2 is 2.04 bits per heavy atom. The normalized spacial score (nSPS) is 16.8. The monoisotopic (exact) mass is 490 g/mol. The third-order valence-electron chi connectivity index (χ3n) is 4.05. The summed E-state index contributed by atoms with van der Waals surface area (Å²) in [5.41, 5.74) is 0. The highest BCUT2D eigenvalue weighted by atomic mass is 127. The molecule has 8 heteroatoms. The number of likely N-dealkylation sites (N-methyl/N-ethyl adjacent to an activating group) is 1. The van der Waals surface area contributed by atoms with E-state index in [1.54, 1.807) is 14.1 Å². The van der Waals surface area contributed by atoms with Gasteiger partial charge in [-0.25, -0.2) is 4.99 Å². The molecule has 0 aromatic heterocycles. The number of carbonyl (C=O) groups is 1. The molecule has 7 nitrogen and oxygen atoms in total. The van der Waals surface area contributed by atoms with Gasteiger partial charge in [-0.1, -0.05) is 18.2 Å². The van der Waals surface area contributed by atoms with Gasteiger partial charge in [0, 0.05) is 27.2 Å². The van der Waals surface area contributed by atoms with Crippen molar-refractivity contribution < 1.29 is 14.3 Å². The van der Waals surface area contributed by atoms with Crippen LogP contribution in [0.5, 0.6) is 5.75 Å². The first-order chi connectivity index (χ1) is 12.6. The maximum absolute atomic E-state index is 11.8. The zero-order chi connectivity index (χ0) is 18.6. The van der Waals surface area contributed by atoms with Crippen LogP contribution in [0.2, 0.25) is 0 Å². The topological polar surface area (TPSA) is 75.2 Å². The lowest BCUT2D eigenvalue weighted by atomic mass is 10.1. The van der Waals surface area contributed by atoms with E-state index in [1.165, 1.54) is 11.3 Å². The fourth-order valence-corrected chi connectivity index (χ4v) is 2.50. The summed E-state index contributed by atoms with van der Waals surface area (Å²) in [6, 6.07) is 9.67. The average Bonchev–Trinajstić information content (AvgIpc) is 2.67. The lowest BCUT2D eigenvalue weighted by Crippen LogP contribution is -2.44. The quantitative estimate of drug-likeness (QED) is 0.252.